The minimum atomic E-state index is -0.170. The van der Waals surface area contributed by atoms with Crippen molar-refractivity contribution in [3.05, 3.63) is 11.9 Å². The number of anilines is 2. The van der Waals surface area contributed by atoms with E-state index in [1.54, 1.807) is 13.4 Å². The predicted octanol–water partition coefficient (Wildman–Crippen LogP) is 2.87. The Balaban J connectivity index is 3.09. The Hall–Kier alpha value is -1.36. The lowest BCUT2D eigenvalue weighted by Gasteiger charge is -2.28. The van der Waals surface area contributed by atoms with Crippen LogP contribution in [0.1, 0.15) is 46.1 Å². The van der Waals surface area contributed by atoms with E-state index in [1.165, 1.54) is 0 Å². The van der Waals surface area contributed by atoms with Crippen LogP contribution in [0.4, 0.5) is 11.6 Å². The Kier molecular flexibility index (Phi) is 5.54. The summed E-state index contributed by atoms with van der Waals surface area (Å²) in [6.07, 6.45) is 1.59. The quantitative estimate of drug-likeness (QED) is 0.794. The van der Waals surface area contributed by atoms with Crippen LogP contribution in [-0.4, -0.2) is 35.8 Å². The third kappa shape index (κ3) is 4.35. The van der Waals surface area contributed by atoms with Gasteiger partial charge in [-0.3, -0.25) is 0 Å². The van der Waals surface area contributed by atoms with Gasteiger partial charge in [-0.05, 0) is 26.7 Å². The maximum Gasteiger partial charge on any atom is 0.135 e. The molecule has 5 heteroatoms. The zero-order valence-electron chi connectivity index (χ0n) is 12.9. The fourth-order valence-corrected chi connectivity index (χ4v) is 2.07. The molecule has 5 nitrogen and oxygen atoms in total. The van der Waals surface area contributed by atoms with Crippen LogP contribution in [0.2, 0.25) is 0 Å². The number of ether oxygens (including phenoxy) is 1. The minimum Gasteiger partial charge on any atom is -0.382 e. The molecular formula is C14H26N4O. The first-order chi connectivity index (χ1) is 8.91. The van der Waals surface area contributed by atoms with Gasteiger partial charge in [-0.25, -0.2) is 9.97 Å². The van der Waals surface area contributed by atoms with Gasteiger partial charge in [0.25, 0.3) is 0 Å². The lowest BCUT2D eigenvalue weighted by molar-refractivity contribution is 0.158. The smallest absolute Gasteiger partial charge is 0.135 e. The van der Waals surface area contributed by atoms with Crippen molar-refractivity contribution in [3.8, 4) is 0 Å². The van der Waals surface area contributed by atoms with Gasteiger partial charge in [0, 0.05) is 19.2 Å². The molecule has 0 bridgehead atoms. The van der Waals surface area contributed by atoms with E-state index in [4.69, 9.17) is 4.74 Å². The second-order valence-electron chi connectivity index (χ2n) is 5.61. The van der Waals surface area contributed by atoms with Crippen LogP contribution >= 0.6 is 0 Å². The molecule has 1 rings (SSSR count). The molecule has 0 saturated carbocycles. The number of nitrogens with zero attached hydrogens (tertiary/aromatic N) is 2. The molecule has 108 valence electrons. The Morgan fingerprint density at radius 1 is 1.26 bits per heavy atom. The topological polar surface area (TPSA) is 59.1 Å². The fraction of sp³-hybridized carbons (Fsp3) is 0.714. The summed E-state index contributed by atoms with van der Waals surface area (Å²) in [4.78, 5) is 8.73. The van der Waals surface area contributed by atoms with Crippen molar-refractivity contribution < 1.29 is 4.74 Å². The molecular weight excluding hydrogens is 240 g/mol. The number of nitrogens with one attached hydrogen (secondary N) is 2. The van der Waals surface area contributed by atoms with Crippen LogP contribution in [0.15, 0.2) is 6.33 Å². The molecule has 1 aromatic rings. The SMILES string of the molecule is CCNc1ncnc(NC(C)(C)COC)c1C(C)C. The molecule has 0 unspecified atom stereocenters. The number of rotatable bonds is 7. The zero-order chi connectivity index (χ0) is 14.5. The standard InChI is InChI=1S/C14H26N4O/c1-7-15-12-11(10(2)3)13(17-9-16-12)18-14(4,5)8-19-6/h9-10H,7-8H2,1-6H3,(H2,15,16,17,18). The summed E-state index contributed by atoms with van der Waals surface area (Å²) in [5, 5.41) is 6.75. The molecule has 19 heavy (non-hydrogen) atoms. The van der Waals surface area contributed by atoms with Crippen molar-refractivity contribution in [2.24, 2.45) is 0 Å². The molecule has 0 radical (unpaired) electrons. The second kappa shape index (κ2) is 6.70. The average Bonchev–Trinajstić information content (AvgIpc) is 2.28. The van der Waals surface area contributed by atoms with Gasteiger partial charge >= 0.3 is 0 Å². The third-order valence-corrected chi connectivity index (χ3v) is 2.77. The molecule has 0 fully saturated rings. The van der Waals surface area contributed by atoms with E-state index >= 15 is 0 Å². The molecule has 0 aliphatic carbocycles. The molecule has 0 saturated heterocycles. The fourth-order valence-electron chi connectivity index (χ4n) is 2.07. The van der Waals surface area contributed by atoms with E-state index in [9.17, 15) is 0 Å². The van der Waals surface area contributed by atoms with Gasteiger partial charge in [-0.15, -0.1) is 0 Å². The second-order valence-corrected chi connectivity index (χ2v) is 5.61. The molecule has 0 amide bonds. The Morgan fingerprint density at radius 2 is 1.89 bits per heavy atom. The number of methoxy groups -OCH3 is 1. The lowest BCUT2D eigenvalue weighted by Crippen LogP contribution is -2.36. The third-order valence-electron chi connectivity index (χ3n) is 2.77. The van der Waals surface area contributed by atoms with Crippen molar-refractivity contribution in [1.82, 2.24) is 9.97 Å². The van der Waals surface area contributed by atoms with E-state index in [0.717, 1.165) is 23.7 Å². The maximum absolute atomic E-state index is 5.24. The average molecular weight is 266 g/mol. The molecule has 1 heterocycles. The maximum atomic E-state index is 5.24. The van der Waals surface area contributed by atoms with Crippen molar-refractivity contribution in [3.63, 3.8) is 0 Å². The molecule has 0 spiro atoms. The van der Waals surface area contributed by atoms with Crippen LogP contribution in [0, 0.1) is 0 Å². The Morgan fingerprint density at radius 3 is 2.42 bits per heavy atom. The van der Waals surface area contributed by atoms with Gasteiger partial charge in [0.05, 0.1) is 12.1 Å². The molecule has 1 aromatic heterocycles. The Bertz CT molecular complexity index is 404. The first-order valence-electron chi connectivity index (χ1n) is 6.77. The van der Waals surface area contributed by atoms with Gasteiger partial charge in [-0.1, -0.05) is 13.8 Å². The van der Waals surface area contributed by atoms with E-state index in [2.05, 4.69) is 55.2 Å². The van der Waals surface area contributed by atoms with Gasteiger partial charge in [0.1, 0.15) is 18.0 Å². The van der Waals surface area contributed by atoms with Gasteiger partial charge < -0.3 is 15.4 Å². The molecule has 0 aromatic carbocycles. The largest absolute Gasteiger partial charge is 0.382 e. The highest BCUT2D eigenvalue weighted by Crippen LogP contribution is 2.29. The minimum absolute atomic E-state index is 0.170. The number of aromatic nitrogens is 2. The zero-order valence-corrected chi connectivity index (χ0v) is 12.9. The molecule has 0 aliphatic rings. The van der Waals surface area contributed by atoms with Crippen LogP contribution in [0.25, 0.3) is 0 Å². The van der Waals surface area contributed by atoms with E-state index in [-0.39, 0.29) is 5.54 Å². The lowest BCUT2D eigenvalue weighted by atomic mass is 10.0. The van der Waals surface area contributed by atoms with Crippen LogP contribution in [0.5, 0.6) is 0 Å². The number of hydrogen-bond donors (Lipinski definition) is 2. The van der Waals surface area contributed by atoms with Crippen molar-refractivity contribution in [2.45, 2.75) is 46.1 Å². The van der Waals surface area contributed by atoms with Crippen LogP contribution in [-0.2, 0) is 4.74 Å². The van der Waals surface area contributed by atoms with E-state index in [0.29, 0.717) is 12.5 Å². The highest BCUT2D eigenvalue weighted by atomic mass is 16.5. The summed E-state index contributed by atoms with van der Waals surface area (Å²) < 4.78 is 5.24. The molecule has 2 N–H and O–H groups in total. The normalized spacial score (nSPS) is 11.7. The summed E-state index contributed by atoms with van der Waals surface area (Å²) in [5.74, 6) is 2.13. The van der Waals surface area contributed by atoms with Gasteiger partial charge in [0.2, 0.25) is 0 Å². The summed E-state index contributed by atoms with van der Waals surface area (Å²) in [6.45, 7) is 12.0. The first-order valence-corrected chi connectivity index (χ1v) is 6.77. The first kappa shape index (κ1) is 15.7. The molecule has 0 aliphatic heterocycles. The van der Waals surface area contributed by atoms with Crippen LogP contribution < -0.4 is 10.6 Å². The highest BCUT2D eigenvalue weighted by molar-refractivity contribution is 5.59. The van der Waals surface area contributed by atoms with Crippen molar-refractivity contribution in [2.75, 3.05) is 30.9 Å². The van der Waals surface area contributed by atoms with Gasteiger partial charge in [-0.2, -0.15) is 0 Å². The summed E-state index contributed by atoms with van der Waals surface area (Å²) in [6, 6.07) is 0. The monoisotopic (exact) mass is 266 g/mol. The van der Waals surface area contributed by atoms with Gasteiger partial charge in [0.15, 0.2) is 0 Å². The molecule has 0 atom stereocenters. The van der Waals surface area contributed by atoms with E-state index < -0.39 is 0 Å². The highest BCUT2D eigenvalue weighted by Gasteiger charge is 2.22. The van der Waals surface area contributed by atoms with Crippen molar-refractivity contribution in [1.29, 1.82) is 0 Å². The van der Waals surface area contributed by atoms with Crippen LogP contribution in [0.3, 0.4) is 0 Å². The van der Waals surface area contributed by atoms with Crippen molar-refractivity contribution >= 4 is 11.6 Å². The summed E-state index contributed by atoms with van der Waals surface area (Å²) >= 11 is 0. The Labute approximate surface area is 116 Å². The predicted molar refractivity (Wildman–Crippen MR) is 79.9 cm³/mol. The summed E-state index contributed by atoms with van der Waals surface area (Å²) in [5.41, 5.74) is 0.949. The summed E-state index contributed by atoms with van der Waals surface area (Å²) in [7, 11) is 1.71. The number of hydrogen-bond acceptors (Lipinski definition) is 5. The van der Waals surface area contributed by atoms with E-state index in [1.807, 2.05) is 0 Å².